The number of ether oxygens (including phenoxy) is 2. The molecule has 3 aliphatic rings. The van der Waals surface area contributed by atoms with E-state index < -0.39 is 40.6 Å². The van der Waals surface area contributed by atoms with E-state index in [2.05, 4.69) is 41.2 Å². The van der Waals surface area contributed by atoms with Gasteiger partial charge in [0.15, 0.2) is 0 Å². The van der Waals surface area contributed by atoms with E-state index in [0.29, 0.717) is 32.4 Å². The molecule has 1 spiro atoms. The van der Waals surface area contributed by atoms with Gasteiger partial charge in [-0.05, 0) is 71.1 Å². The van der Waals surface area contributed by atoms with E-state index in [1.165, 1.54) is 0 Å². The first-order valence-electron chi connectivity index (χ1n) is 14.3. The van der Waals surface area contributed by atoms with Gasteiger partial charge in [-0.25, -0.2) is 0 Å². The Kier molecular flexibility index (Phi) is 8.79. The summed E-state index contributed by atoms with van der Waals surface area (Å²) in [6.45, 7) is 21.2. The number of rotatable bonds is 12. The summed E-state index contributed by atoms with van der Waals surface area (Å²) in [6, 6.07) is -0.836. The van der Waals surface area contributed by atoms with E-state index in [1.54, 1.807) is 17.9 Å². The highest BCUT2D eigenvalue weighted by Crippen LogP contribution is 2.65. The highest BCUT2D eigenvalue weighted by atomic mass is 16.6. The van der Waals surface area contributed by atoms with Crippen LogP contribution in [0.2, 0.25) is 0 Å². The van der Waals surface area contributed by atoms with Gasteiger partial charge in [0.2, 0.25) is 11.8 Å². The molecule has 0 aromatic carbocycles. The van der Waals surface area contributed by atoms with Crippen LogP contribution >= 0.6 is 0 Å². The molecule has 8 heteroatoms. The molecule has 3 unspecified atom stereocenters. The summed E-state index contributed by atoms with van der Waals surface area (Å²) < 4.78 is 12.2. The first-order valence-corrected chi connectivity index (χ1v) is 14.3. The first kappa shape index (κ1) is 30.6. The molecule has 0 saturated carbocycles. The first-order chi connectivity index (χ1) is 17.6. The van der Waals surface area contributed by atoms with Crippen LogP contribution in [0.15, 0.2) is 12.7 Å². The molecule has 3 fully saturated rings. The molecular formula is C30H50N2O6. The normalized spacial score (nSPS) is 32.4. The van der Waals surface area contributed by atoms with Crippen molar-refractivity contribution >= 4 is 17.8 Å². The van der Waals surface area contributed by atoms with Crippen molar-refractivity contribution in [3.8, 4) is 0 Å². The molecule has 0 aliphatic carbocycles. The van der Waals surface area contributed by atoms with E-state index in [-0.39, 0.29) is 36.4 Å². The van der Waals surface area contributed by atoms with Crippen molar-refractivity contribution in [3.63, 3.8) is 0 Å². The maximum Gasteiger partial charge on any atom is 0.312 e. The van der Waals surface area contributed by atoms with Crippen LogP contribution in [0.25, 0.3) is 0 Å². The Bertz CT molecular complexity index is 926. The number of aliphatic hydroxyl groups excluding tert-OH is 1. The van der Waals surface area contributed by atoms with Crippen LogP contribution in [0.1, 0.15) is 87.5 Å². The number of unbranched alkanes of at least 4 members (excludes halogenated alkanes) is 2. The molecule has 216 valence electrons. The average Bonchev–Trinajstić information content (AvgIpc) is 3.30. The van der Waals surface area contributed by atoms with Crippen LogP contribution in [0.3, 0.4) is 0 Å². The van der Waals surface area contributed by atoms with Crippen molar-refractivity contribution in [2.24, 2.45) is 23.2 Å². The van der Waals surface area contributed by atoms with E-state index >= 15 is 0 Å². The number of likely N-dealkylation sites (tertiary alicyclic amines) is 1. The van der Waals surface area contributed by atoms with Crippen LogP contribution in [-0.4, -0.2) is 81.8 Å². The van der Waals surface area contributed by atoms with Gasteiger partial charge in [-0.15, -0.1) is 6.58 Å². The fraction of sp³-hybridized carbons (Fsp3) is 0.833. The van der Waals surface area contributed by atoms with Gasteiger partial charge in [0.1, 0.15) is 17.6 Å². The molecule has 0 aromatic heterocycles. The van der Waals surface area contributed by atoms with Crippen LogP contribution in [0, 0.1) is 23.2 Å². The standard InChI is InChI=1S/C30H50N2O6/c1-10-15-32(28(7,8)19-27(4,5)6)25(35)23-30-18-20(3)29(9,38-30)22(26(36)37-11-2)21(30)24(34)31(23)16-13-12-14-17-33/h10,20-23,33H,1,11-19H2,2-9H3/t20?,21-,22+,23?,29-,30?/m0/s1. The third-order valence-electron chi connectivity index (χ3n) is 8.92. The summed E-state index contributed by atoms with van der Waals surface area (Å²) in [5, 5.41) is 9.26. The molecule has 3 saturated heterocycles. The molecule has 3 rings (SSSR count). The number of esters is 1. The van der Waals surface area contributed by atoms with Gasteiger partial charge >= 0.3 is 5.97 Å². The fourth-order valence-electron chi connectivity index (χ4n) is 7.73. The van der Waals surface area contributed by atoms with Crippen LogP contribution < -0.4 is 0 Å². The molecule has 1 N–H and O–H groups in total. The molecule has 3 heterocycles. The maximum atomic E-state index is 14.7. The largest absolute Gasteiger partial charge is 0.466 e. The zero-order valence-corrected chi connectivity index (χ0v) is 24.8. The lowest BCUT2D eigenvalue weighted by Crippen LogP contribution is -2.61. The van der Waals surface area contributed by atoms with Gasteiger partial charge < -0.3 is 24.4 Å². The Balaban J connectivity index is 2.11. The number of hydrogen-bond acceptors (Lipinski definition) is 6. The van der Waals surface area contributed by atoms with E-state index in [4.69, 9.17) is 9.47 Å². The molecule has 8 nitrogen and oxygen atoms in total. The van der Waals surface area contributed by atoms with Gasteiger partial charge in [-0.3, -0.25) is 14.4 Å². The second kappa shape index (κ2) is 10.9. The zero-order valence-electron chi connectivity index (χ0n) is 24.8. The lowest BCUT2D eigenvalue weighted by molar-refractivity contribution is -0.162. The number of fused-ring (bicyclic) bond motifs is 1. The number of amides is 2. The number of carbonyl (C=O) groups is 3. The van der Waals surface area contributed by atoms with Crippen molar-refractivity contribution in [3.05, 3.63) is 12.7 Å². The zero-order chi connectivity index (χ0) is 28.7. The average molecular weight is 535 g/mol. The lowest BCUT2D eigenvalue weighted by Gasteiger charge is -2.45. The van der Waals surface area contributed by atoms with E-state index in [0.717, 1.165) is 12.8 Å². The van der Waals surface area contributed by atoms with Crippen LogP contribution in [-0.2, 0) is 23.9 Å². The van der Waals surface area contributed by atoms with Crippen molar-refractivity contribution in [2.45, 2.75) is 110 Å². The smallest absolute Gasteiger partial charge is 0.312 e. The maximum absolute atomic E-state index is 14.7. The predicted molar refractivity (Wildman–Crippen MR) is 146 cm³/mol. The molecule has 0 aromatic rings. The van der Waals surface area contributed by atoms with Crippen LogP contribution in [0.5, 0.6) is 0 Å². The predicted octanol–water partition coefficient (Wildman–Crippen LogP) is 3.95. The van der Waals surface area contributed by atoms with Crippen molar-refractivity contribution < 1.29 is 29.0 Å². The van der Waals surface area contributed by atoms with Crippen molar-refractivity contribution in [1.29, 1.82) is 0 Å². The third kappa shape index (κ3) is 5.15. The van der Waals surface area contributed by atoms with Gasteiger partial charge in [0.05, 0.1) is 18.1 Å². The SMILES string of the molecule is C=CCN(C(=O)C1N(CCCCCO)C(=O)[C@@H]2[C@H](C(=O)OCC)[C@@]3(C)OC12CC3C)C(C)(C)CC(C)(C)C. The minimum atomic E-state index is -1.09. The van der Waals surface area contributed by atoms with Gasteiger partial charge in [0, 0.05) is 25.2 Å². The number of nitrogens with zero attached hydrogens (tertiary/aromatic N) is 2. The summed E-state index contributed by atoms with van der Waals surface area (Å²) in [6.07, 6.45) is 5.05. The summed E-state index contributed by atoms with van der Waals surface area (Å²) in [5.41, 5.74) is -2.50. The molecule has 2 amide bonds. The fourth-order valence-corrected chi connectivity index (χ4v) is 7.73. The second-order valence-electron chi connectivity index (χ2n) is 13.6. The molecule has 0 radical (unpaired) electrons. The molecule has 2 bridgehead atoms. The minimum absolute atomic E-state index is 0.0268. The van der Waals surface area contributed by atoms with Crippen LogP contribution in [0.4, 0.5) is 0 Å². The monoisotopic (exact) mass is 534 g/mol. The Morgan fingerprint density at radius 1 is 1.24 bits per heavy atom. The summed E-state index contributed by atoms with van der Waals surface area (Å²) in [7, 11) is 0. The molecule has 6 atom stereocenters. The summed E-state index contributed by atoms with van der Waals surface area (Å²) in [5.74, 6) is -2.32. The van der Waals surface area contributed by atoms with Gasteiger partial charge in [0.25, 0.3) is 0 Å². The quantitative estimate of drug-likeness (QED) is 0.231. The molecular weight excluding hydrogens is 484 g/mol. The topological polar surface area (TPSA) is 96.4 Å². The highest BCUT2D eigenvalue weighted by molar-refractivity contribution is 5.98. The Morgan fingerprint density at radius 3 is 2.45 bits per heavy atom. The second-order valence-corrected chi connectivity index (χ2v) is 13.6. The third-order valence-corrected chi connectivity index (χ3v) is 8.92. The minimum Gasteiger partial charge on any atom is -0.466 e. The Morgan fingerprint density at radius 2 is 1.89 bits per heavy atom. The number of hydrogen-bond donors (Lipinski definition) is 1. The van der Waals surface area contributed by atoms with Crippen molar-refractivity contribution in [2.75, 3.05) is 26.3 Å². The molecule has 3 aliphatic heterocycles. The van der Waals surface area contributed by atoms with Gasteiger partial charge in [-0.2, -0.15) is 0 Å². The van der Waals surface area contributed by atoms with Crippen molar-refractivity contribution in [1.82, 2.24) is 9.80 Å². The number of aliphatic hydroxyl groups is 1. The Hall–Kier alpha value is -1.93. The Labute approximate surface area is 229 Å². The summed E-state index contributed by atoms with van der Waals surface area (Å²) in [4.78, 5) is 45.7. The lowest BCUT2D eigenvalue weighted by atomic mass is 9.62. The van der Waals surface area contributed by atoms with E-state index in [9.17, 15) is 19.5 Å². The van der Waals surface area contributed by atoms with E-state index in [1.807, 2.05) is 18.7 Å². The highest BCUT2D eigenvalue weighted by Gasteiger charge is 2.80. The summed E-state index contributed by atoms with van der Waals surface area (Å²) >= 11 is 0. The van der Waals surface area contributed by atoms with Gasteiger partial charge in [-0.1, -0.05) is 33.8 Å². The number of carbonyl (C=O) groups excluding carboxylic acids is 3. The molecule has 38 heavy (non-hydrogen) atoms.